The summed E-state index contributed by atoms with van der Waals surface area (Å²) in [6, 6.07) is 9.59. The summed E-state index contributed by atoms with van der Waals surface area (Å²) in [4.78, 5) is 1.36. The van der Waals surface area contributed by atoms with Gasteiger partial charge in [0.1, 0.15) is 5.82 Å². The van der Waals surface area contributed by atoms with Gasteiger partial charge in [-0.1, -0.05) is 19.1 Å². The number of thiophene rings is 1. The maximum absolute atomic E-state index is 13.0. The molecule has 1 aromatic heterocycles. The van der Waals surface area contributed by atoms with Gasteiger partial charge in [-0.2, -0.15) is 0 Å². The van der Waals surface area contributed by atoms with Crippen LogP contribution < -0.4 is 5.32 Å². The SMILES string of the molecule is CCC(NCc1ccc(F)cc1C)c1cccs1. The van der Waals surface area contributed by atoms with E-state index in [2.05, 4.69) is 29.8 Å². The predicted molar refractivity (Wildman–Crippen MR) is 75.3 cm³/mol. The van der Waals surface area contributed by atoms with Crippen LogP contribution in [0.15, 0.2) is 35.7 Å². The van der Waals surface area contributed by atoms with Gasteiger partial charge in [0.25, 0.3) is 0 Å². The van der Waals surface area contributed by atoms with E-state index in [9.17, 15) is 4.39 Å². The van der Waals surface area contributed by atoms with Crippen molar-refractivity contribution in [3.63, 3.8) is 0 Å². The summed E-state index contributed by atoms with van der Waals surface area (Å²) in [5.41, 5.74) is 2.16. The number of hydrogen-bond donors (Lipinski definition) is 1. The molecule has 0 saturated heterocycles. The summed E-state index contributed by atoms with van der Waals surface area (Å²) in [7, 11) is 0. The third kappa shape index (κ3) is 3.18. The predicted octanol–water partition coefficient (Wildman–Crippen LogP) is 4.44. The van der Waals surface area contributed by atoms with Crippen LogP contribution in [0, 0.1) is 12.7 Å². The smallest absolute Gasteiger partial charge is 0.123 e. The molecule has 0 radical (unpaired) electrons. The molecule has 0 amide bonds. The molecule has 96 valence electrons. The zero-order valence-corrected chi connectivity index (χ0v) is 11.6. The standard InChI is InChI=1S/C15H18FNS/c1-3-14(15-5-4-8-18-15)17-10-12-6-7-13(16)9-11(12)2/h4-9,14,17H,3,10H2,1-2H3. The zero-order chi connectivity index (χ0) is 13.0. The van der Waals surface area contributed by atoms with E-state index in [0.717, 1.165) is 24.1 Å². The number of benzene rings is 1. The monoisotopic (exact) mass is 263 g/mol. The van der Waals surface area contributed by atoms with Crippen LogP contribution in [0.4, 0.5) is 4.39 Å². The van der Waals surface area contributed by atoms with Gasteiger partial charge in [-0.15, -0.1) is 11.3 Å². The molecule has 0 aliphatic heterocycles. The van der Waals surface area contributed by atoms with Gasteiger partial charge >= 0.3 is 0 Å². The van der Waals surface area contributed by atoms with E-state index < -0.39 is 0 Å². The Bertz CT molecular complexity index is 493. The highest BCUT2D eigenvalue weighted by atomic mass is 32.1. The molecule has 18 heavy (non-hydrogen) atoms. The van der Waals surface area contributed by atoms with E-state index in [4.69, 9.17) is 0 Å². The lowest BCUT2D eigenvalue weighted by Gasteiger charge is -2.16. The van der Waals surface area contributed by atoms with Gasteiger partial charge in [-0.3, -0.25) is 0 Å². The van der Waals surface area contributed by atoms with Crippen molar-refractivity contribution in [2.75, 3.05) is 0 Å². The Labute approximate surface area is 112 Å². The number of hydrogen-bond acceptors (Lipinski definition) is 2. The molecule has 2 aromatic rings. The molecule has 3 heteroatoms. The molecule has 0 fully saturated rings. The van der Waals surface area contributed by atoms with Crippen LogP contribution in [-0.4, -0.2) is 0 Å². The van der Waals surface area contributed by atoms with E-state index >= 15 is 0 Å². The van der Waals surface area contributed by atoms with Gasteiger partial charge in [0.15, 0.2) is 0 Å². The Morgan fingerprint density at radius 3 is 2.78 bits per heavy atom. The van der Waals surface area contributed by atoms with Gasteiger partial charge in [0, 0.05) is 17.5 Å². The van der Waals surface area contributed by atoms with Crippen molar-refractivity contribution in [1.29, 1.82) is 0 Å². The molecular formula is C15H18FNS. The fourth-order valence-corrected chi connectivity index (χ4v) is 2.91. The molecule has 1 heterocycles. The minimum atomic E-state index is -0.165. The number of aryl methyl sites for hydroxylation is 1. The van der Waals surface area contributed by atoms with Crippen LogP contribution >= 0.6 is 11.3 Å². The van der Waals surface area contributed by atoms with E-state index in [-0.39, 0.29) is 5.82 Å². The number of nitrogens with one attached hydrogen (secondary N) is 1. The summed E-state index contributed by atoms with van der Waals surface area (Å²) < 4.78 is 13.0. The van der Waals surface area contributed by atoms with Crippen LogP contribution in [0.2, 0.25) is 0 Å². The average molecular weight is 263 g/mol. The molecule has 1 atom stereocenters. The Kier molecular flexibility index (Phi) is 4.50. The second-order valence-corrected chi connectivity index (χ2v) is 5.41. The maximum atomic E-state index is 13.0. The lowest BCUT2D eigenvalue weighted by molar-refractivity contribution is 0.525. The normalized spacial score (nSPS) is 12.6. The van der Waals surface area contributed by atoms with Gasteiger partial charge in [0.05, 0.1) is 0 Å². The van der Waals surface area contributed by atoms with Gasteiger partial charge < -0.3 is 5.32 Å². The first-order valence-electron chi connectivity index (χ1n) is 6.22. The van der Waals surface area contributed by atoms with E-state index in [1.54, 1.807) is 17.4 Å². The molecule has 0 saturated carbocycles. The molecule has 0 bridgehead atoms. The summed E-state index contributed by atoms with van der Waals surface area (Å²) >= 11 is 1.77. The first kappa shape index (κ1) is 13.2. The number of rotatable bonds is 5. The Balaban J connectivity index is 2.02. The van der Waals surface area contributed by atoms with Crippen LogP contribution in [-0.2, 0) is 6.54 Å². The quantitative estimate of drug-likeness (QED) is 0.841. The number of halogens is 1. The highest BCUT2D eigenvalue weighted by Crippen LogP contribution is 2.22. The highest BCUT2D eigenvalue weighted by molar-refractivity contribution is 7.10. The fraction of sp³-hybridized carbons (Fsp3) is 0.333. The maximum Gasteiger partial charge on any atom is 0.123 e. The summed E-state index contributed by atoms with van der Waals surface area (Å²) in [6.07, 6.45) is 1.06. The largest absolute Gasteiger partial charge is 0.305 e. The van der Waals surface area contributed by atoms with Crippen LogP contribution in [0.3, 0.4) is 0 Å². The molecule has 0 spiro atoms. The van der Waals surface area contributed by atoms with E-state index in [0.29, 0.717) is 6.04 Å². The lowest BCUT2D eigenvalue weighted by atomic mass is 10.1. The Hall–Kier alpha value is -1.19. The van der Waals surface area contributed by atoms with Gasteiger partial charge in [0.2, 0.25) is 0 Å². The van der Waals surface area contributed by atoms with Crippen molar-refractivity contribution in [1.82, 2.24) is 5.32 Å². The molecule has 1 N–H and O–H groups in total. The fourth-order valence-electron chi connectivity index (χ4n) is 2.03. The highest BCUT2D eigenvalue weighted by Gasteiger charge is 2.10. The van der Waals surface area contributed by atoms with Crippen LogP contribution in [0.5, 0.6) is 0 Å². The van der Waals surface area contributed by atoms with Crippen molar-refractivity contribution < 1.29 is 4.39 Å². The minimum Gasteiger partial charge on any atom is -0.305 e. The molecule has 1 nitrogen and oxygen atoms in total. The lowest BCUT2D eigenvalue weighted by Crippen LogP contribution is -2.19. The van der Waals surface area contributed by atoms with Crippen molar-refractivity contribution in [3.8, 4) is 0 Å². The van der Waals surface area contributed by atoms with E-state index in [1.807, 2.05) is 13.0 Å². The van der Waals surface area contributed by atoms with Gasteiger partial charge in [-0.05, 0) is 48.1 Å². The first-order chi connectivity index (χ1) is 8.70. The molecule has 1 aromatic carbocycles. The van der Waals surface area contributed by atoms with Crippen molar-refractivity contribution in [2.24, 2.45) is 0 Å². The molecule has 0 aliphatic carbocycles. The average Bonchev–Trinajstić information content (AvgIpc) is 2.86. The molecule has 2 rings (SSSR count). The summed E-state index contributed by atoms with van der Waals surface area (Å²) in [6.45, 7) is 4.91. The Morgan fingerprint density at radius 1 is 1.33 bits per heavy atom. The summed E-state index contributed by atoms with van der Waals surface area (Å²) in [5.74, 6) is -0.165. The third-order valence-corrected chi connectivity index (χ3v) is 4.12. The second kappa shape index (κ2) is 6.12. The Morgan fingerprint density at radius 2 is 2.17 bits per heavy atom. The van der Waals surface area contributed by atoms with Gasteiger partial charge in [-0.25, -0.2) is 4.39 Å². The summed E-state index contributed by atoms with van der Waals surface area (Å²) in [5, 5.41) is 5.64. The van der Waals surface area contributed by atoms with Crippen LogP contribution in [0.25, 0.3) is 0 Å². The topological polar surface area (TPSA) is 12.0 Å². The van der Waals surface area contributed by atoms with Crippen molar-refractivity contribution in [2.45, 2.75) is 32.9 Å². The minimum absolute atomic E-state index is 0.165. The first-order valence-corrected chi connectivity index (χ1v) is 7.10. The zero-order valence-electron chi connectivity index (χ0n) is 10.7. The molecule has 0 aliphatic rings. The van der Waals surface area contributed by atoms with Crippen molar-refractivity contribution >= 4 is 11.3 Å². The second-order valence-electron chi connectivity index (χ2n) is 4.43. The van der Waals surface area contributed by atoms with Crippen molar-refractivity contribution in [3.05, 3.63) is 57.5 Å². The van der Waals surface area contributed by atoms with E-state index in [1.165, 1.54) is 10.9 Å². The molecule has 1 unspecified atom stereocenters. The van der Waals surface area contributed by atoms with Crippen LogP contribution in [0.1, 0.15) is 35.4 Å². The molecular weight excluding hydrogens is 245 g/mol. The third-order valence-electron chi connectivity index (χ3n) is 3.14.